The monoisotopic (exact) mass is 409 g/mol. The van der Waals surface area contributed by atoms with Crippen molar-refractivity contribution in [3.8, 4) is 0 Å². The highest BCUT2D eigenvalue weighted by Crippen LogP contribution is 2.21. The summed E-state index contributed by atoms with van der Waals surface area (Å²) in [6.45, 7) is 0.510. The quantitative estimate of drug-likeness (QED) is 0.469. The molecule has 0 unspecified atom stereocenters. The number of nitrogens with one attached hydrogen (secondary N) is 2. The number of imide groups is 1. The number of rotatable bonds is 6. The Morgan fingerprint density at radius 2 is 2.13 bits per heavy atom. The molecule has 3 heterocycles. The van der Waals surface area contributed by atoms with Crippen molar-refractivity contribution in [3.63, 3.8) is 0 Å². The molecule has 154 valence electrons. The van der Waals surface area contributed by atoms with Gasteiger partial charge < -0.3 is 10.2 Å². The molecule has 2 N–H and O–H groups in total. The summed E-state index contributed by atoms with van der Waals surface area (Å²) in [4.78, 5) is 34.1. The van der Waals surface area contributed by atoms with E-state index in [0.29, 0.717) is 41.6 Å². The van der Waals surface area contributed by atoms with Crippen LogP contribution in [0.1, 0.15) is 17.5 Å². The van der Waals surface area contributed by atoms with Gasteiger partial charge in [-0.05, 0) is 30.2 Å². The van der Waals surface area contributed by atoms with Gasteiger partial charge in [-0.3, -0.25) is 14.9 Å². The summed E-state index contributed by atoms with van der Waals surface area (Å²) in [7, 11) is 3.64. The first kappa shape index (κ1) is 19.5. The van der Waals surface area contributed by atoms with E-state index in [9.17, 15) is 14.0 Å². The molecule has 0 aliphatic carbocycles. The second-order valence-electron chi connectivity index (χ2n) is 7.11. The molecule has 0 bridgehead atoms. The number of benzene rings is 1. The zero-order valence-electron chi connectivity index (χ0n) is 16.5. The van der Waals surface area contributed by atoms with Crippen LogP contribution in [0.25, 0.3) is 11.7 Å². The summed E-state index contributed by atoms with van der Waals surface area (Å²) < 4.78 is 14.9. The molecule has 3 aromatic rings. The molecule has 1 saturated heterocycles. The highest BCUT2D eigenvalue weighted by atomic mass is 19.1. The van der Waals surface area contributed by atoms with Crippen LogP contribution in [0.4, 0.5) is 16.3 Å². The van der Waals surface area contributed by atoms with Crippen LogP contribution in [-0.4, -0.2) is 52.0 Å². The summed E-state index contributed by atoms with van der Waals surface area (Å²) in [6, 6.07) is 6.44. The highest BCUT2D eigenvalue weighted by molar-refractivity contribution is 6.15. The second kappa shape index (κ2) is 7.90. The Morgan fingerprint density at radius 3 is 2.83 bits per heavy atom. The van der Waals surface area contributed by atoms with E-state index in [2.05, 4.69) is 25.7 Å². The lowest BCUT2D eigenvalue weighted by molar-refractivity contribution is -0.124. The number of anilines is 2. The smallest absolute Gasteiger partial charge is 0.254 e. The lowest BCUT2D eigenvalue weighted by atomic mass is 10.1. The third-order valence-electron chi connectivity index (χ3n) is 4.59. The number of nitrogens with zero attached hydrogens (tertiary/aromatic N) is 5. The minimum Gasteiger partial charge on any atom is -0.354 e. The number of amides is 2. The molecule has 0 atom stereocenters. The molecule has 30 heavy (non-hydrogen) atoms. The van der Waals surface area contributed by atoms with Crippen LogP contribution in [-0.2, 0) is 16.0 Å². The first-order valence-electron chi connectivity index (χ1n) is 9.37. The lowest BCUT2D eigenvalue weighted by Gasteiger charge is -2.14. The molecule has 1 fully saturated rings. The lowest BCUT2D eigenvalue weighted by Crippen LogP contribution is -2.19. The Hall–Kier alpha value is -3.82. The Morgan fingerprint density at radius 1 is 1.30 bits per heavy atom. The van der Waals surface area contributed by atoms with Crippen molar-refractivity contribution in [1.82, 2.24) is 24.9 Å². The van der Waals surface area contributed by atoms with Crippen LogP contribution >= 0.6 is 0 Å². The first-order valence-corrected chi connectivity index (χ1v) is 9.37. The molecular formula is C20H20FN7O2. The molecule has 9 nitrogen and oxygen atoms in total. The van der Waals surface area contributed by atoms with E-state index in [-0.39, 0.29) is 18.1 Å². The van der Waals surface area contributed by atoms with Crippen molar-refractivity contribution >= 4 is 35.4 Å². The molecular weight excluding hydrogens is 389 g/mol. The van der Waals surface area contributed by atoms with Crippen LogP contribution in [0.5, 0.6) is 0 Å². The van der Waals surface area contributed by atoms with Crippen LogP contribution in [0.3, 0.4) is 0 Å². The average Bonchev–Trinajstić information content (AvgIpc) is 3.24. The van der Waals surface area contributed by atoms with Gasteiger partial charge in [-0.2, -0.15) is 19.6 Å². The minimum absolute atomic E-state index is 0.0283. The van der Waals surface area contributed by atoms with E-state index in [0.717, 1.165) is 5.56 Å². The minimum atomic E-state index is -0.408. The number of halogens is 1. The summed E-state index contributed by atoms with van der Waals surface area (Å²) in [5, 5.41) is 9.82. The van der Waals surface area contributed by atoms with E-state index < -0.39 is 5.91 Å². The second-order valence-corrected chi connectivity index (χ2v) is 7.11. The number of aromatic nitrogens is 4. The molecule has 1 aromatic carbocycles. The van der Waals surface area contributed by atoms with Crippen LogP contribution < -0.4 is 15.5 Å². The van der Waals surface area contributed by atoms with Gasteiger partial charge in [-0.15, -0.1) is 0 Å². The summed E-state index contributed by atoms with van der Waals surface area (Å²) >= 11 is 0. The number of carbonyl (C=O) groups is 2. The molecule has 2 aromatic heterocycles. The van der Waals surface area contributed by atoms with Gasteiger partial charge in [-0.1, -0.05) is 12.1 Å². The Bertz CT molecular complexity index is 1170. The Balaban J connectivity index is 1.64. The van der Waals surface area contributed by atoms with Crippen LogP contribution in [0, 0.1) is 5.82 Å². The summed E-state index contributed by atoms with van der Waals surface area (Å²) in [6.07, 6.45) is 3.82. The topological polar surface area (TPSA) is 105 Å². The number of carbonyl (C=O) groups excluding carboxylic acids is 2. The third kappa shape index (κ3) is 3.97. The molecule has 2 amide bonds. The fourth-order valence-corrected chi connectivity index (χ4v) is 3.12. The number of hydrogen-bond acceptors (Lipinski definition) is 7. The van der Waals surface area contributed by atoms with E-state index in [4.69, 9.17) is 0 Å². The van der Waals surface area contributed by atoms with Gasteiger partial charge in [0.15, 0.2) is 5.65 Å². The molecule has 1 aliphatic heterocycles. The molecule has 4 rings (SSSR count). The normalized spacial score (nSPS) is 15.1. The molecule has 0 spiro atoms. The fourth-order valence-electron chi connectivity index (χ4n) is 3.12. The summed E-state index contributed by atoms with van der Waals surface area (Å²) in [5.41, 5.74) is 2.33. The predicted molar refractivity (Wildman–Crippen MR) is 109 cm³/mol. The standard InChI is InChI=1S/C20H20FN7O2/c1-27(2)20-25-17-14(9-13-10-16(29)24-18(13)30)11-23-28(17)19(26-20)22-7-6-12-4-3-5-15(21)8-12/h3-5,8-9,11H,6-7,10H2,1-2H3,(H,22,25,26)(H,24,29,30)/b13-9+. The van der Waals surface area contributed by atoms with Crippen LogP contribution in [0.2, 0.25) is 0 Å². The zero-order valence-corrected chi connectivity index (χ0v) is 16.5. The highest BCUT2D eigenvalue weighted by Gasteiger charge is 2.24. The largest absolute Gasteiger partial charge is 0.354 e. The van der Waals surface area contributed by atoms with Gasteiger partial charge in [0, 0.05) is 31.8 Å². The van der Waals surface area contributed by atoms with Gasteiger partial charge in [0.2, 0.25) is 17.8 Å². The van der Waals surface area contributed by atoms with E-state index in [1.807, 2.05) is 20.2 Å². The van der Waals surface area contributed by atoms with Crippen molar-refractivity contribution in [2.24, 2.45) is 0 Å². The van der Waals surface area contributed by atoms with Gasteiger partial charge in [0.25, 0.3) is 5.91 Å². The molecule has 10 heteroatoms. The van der Waals surface area contributed by atoms with Crippen molar-refractivity contribution in [2.45, 2.75) is 12.8 Å². The zero-order chi connectivity index (χ0) is 21.3. The van der Waals surface area contributed by atoms with Crippen LogP contribution in [0.15, 0.2) is 36.0 Å². The van der Waals surface area contributed by atoms with Crippen molar-refractivity contribution in [1.29, 1.82) is 0 Å². The van der Waals surface area contributed by atoms with E-state index in [1.165, 1.54) is 12.1 Å². The van der Waals surface area contributed by atoms with Gasteiger partial charge in [0.05, 0.1) is 12.6 Å². The fraction of sp³-hybridized carbons (Fsp3) is 0.250. The average molecular weight is 409 g/mol. The van der Waals surface area contributed by atoms with Gasteiger partial charge >= 0.3 is 0 Å². The SMILES string of the molecule is CN(C)c1nc(NCCc2cccc(F)c2)n2ncc(/C=C3\CC(=O)NC3=O)c2n1. The maximum Gasteiger partial charge on any atom is 0.254 e. The molecule has 1 aliphatic rings. The third-order valence-corrected chi connectivity index (χ3v) is 4.59. The summed E-state index contributed by atoms with van der Waals surface area (Å²) in [5.74, 6) is -0.0775. The Labute approximate surface area is 171 Å². The maximum atomic E-state index is 13.4. The van der Waals surface area contributed by atoms with E-state index >= 15 is 0 Å². The molecule has 0 saturated carbocycles. The number of hydrogen-bond donors (Lipinski definition) is 2. The first-order chi connectivity index (χ1) is 14.4. The van der Waals surface area contributed by atoms with Gasteiger partial charge in [-0.25, -0.2) is 4.39 Å². The molecule has 0 radical (unpaired) electrons. The maximum absolute atomic E-state index is 13.4. The van der Waals surface area contributed by atoms with Gasteiger partial charge in [0.1, 0.15) is 5.82 Å². The van der Waals surface area contributed by atoms with Crippen molar-refractivity contribution in [2.75, 3.05) is 30.9 Å². The van der Waals surface area contributed by atoms with E-state index in [1.54, 1.807) is 27.8 Å². The predicted octanol–water partition coefficient (Wildman–Crippen LogP) is 1.41. The number of fused-ring (bicyclic) bond motifs is 1. The Kier molecular flexibility index (Phi) is 5.13. The van der Waals surface area contributed by atoms with Crippen molar-refractivity contribution < 1.29 is 14.0 Å². The van der Waals surface area contributed by atoms with Crippen molar-refractivity contribution in [3.05, 3.63) is 53.0 Å².